The van der Waals surface area contributed by atoms with E-state index >= 15 is 0 Å². The number of benzene rings is 2. The van der Waals surface area contributed by atoms with Gasteiger partial charge in [-0.3, -0.25) is 4.79 Å². The molecule has 0 bridgehead atoms. The Kier molecular flexibility index (Phi) is 6.56. The van der Waals surface area contributed by atoms with Gasteiger partial charge in [-0.1, -0.05) is 6.07 Å². The second-order valence-corrected chi connectivity index (χ2v) is 8.11. The first-order valence-electron chi connectivity index (χ1n) is 8.13. The van der Waals surface area contributed by atoms with Crippen molar-refractivity contribution in [1.82, 2.24) is 0 Å². The molecule has 3 N–H and O–H groups in total. The number of hydrogen-bond donors (Lipinski definition) is 2. The van der Waals surface area contributed by atoms with Crippen LogP contribution >= 0.6 is 12.4 Å². The first-order valence-corrected chi connectivity index (χ1v) is 9.79. The first kappa shape index (κ1) is 20.9. The zero-order valence-corrected chi connectivity index (χ0v) is 16.4. The SMILES string of the molecule is Cc1ccc(N)cc1NC(=O)CCS(=O)(=O)c1ccc2c(c1)OCCO2.Cl. The molecule has 2 aromatic rings. The lowest BCUT2D eigenvalue weighted by Gasteiger charge is -2.18. The maximum atomic E-state index is 12.5. The molecule has 1 amide bonds. The molecule has 0 aromatic heterocycles. The monoisotopic (exact) mass is 412 g/mol. The molecule has 1 aliphatic heterocycles. The van der Waals surface area contributed by atoms with Gasteiger partial charge in [0.05, 0.1) is 10.6 Å². The molecule has 0 atom stereocenters. The van der Waals surface area contributed by atoms with Crippen LogP contribution in [0.5, 0.6) is 11.5 Å². The van der Waals surface area contributed by atoms with Crippen LogP contribution in [0.15, 0.2) is 41.3 Å². The molecular formula is C18H21ClN2O5S. The van der Waals surface area contributed by atoms with Gasteiger partial charge in [-0.25, -0.2) is 8.42 Å². The third-order valence-electron chi connectivity index (χ3n) is 4.01. The van der Waals surface area contributed by atoms with Gasteiger partial charge in [-0.15, -0.1) is 12.4 Å². The van der Waals surface area contributed by atoms with Gasteiger partial charge in [-0.05, 0) is 36.8 Å². The summed E-state index contributed by atoms with van der Waals surface area (Å²) in [5.41, 5.74) is 7.66. The number of nitrogens with two attached hydrogens (primary N) is 1. The number of carbonyl (C=O) groups excluding carboxylic acids is 1. The average Bonchev–Trinajstić information content (AvgIpc) is 2.63. The minimum Gasteiger partial charge on any atom is -0.486 e. The van der Waals surface area contributed by atoms with Crippen molar-refractivity contribution in [2.24, 2.45) is 0 Å². The number of aryl methyl sites for hydroxylation is 1. The van der Waals surface area contributed by atoms with Gasteiger partial charge < -0.3 is 20.5 Å². The molecular weight excluding hydrogens is 392 g/mol. The quantitative estimate of drug-likeness (QED) is 0.731. The molecule has 9 heteroatoms. The summed E-state index contributed by atoms with van der Waals surface area (Å²) in [6, 6.07) is 9.63. The van der Waals surface area contributed by atoms with Crippen LogP contribution in [0.2, 0.25) is 0 Å². The van der Waals surface area contributed by atoms with Crippen molar-refractivity contribution < 1.29 is 22.7 Å². The number of carbonyl (C=O) groups is 1. The van der Waals surface area contributed by atoms with Crippen LogP contribution < -0.4 is 20.5 Å². The lowest BCUT2D eigenvalue weighted by Crippen LogP contribution is -2.19. The van der Waals surface area contributed by atoms with E-state index in [4.69, 9.17) is 15.2 Å². The van der Waals surface area contributed by atoms with E-state index in [0.717, 1.165) is 5.56 Å². The number of rotatable bonds is 5. The molecule has 7 nitrogen and oxygen atoms in total. The summed E-state index contributed by atoms with van der Waals surface area (Å²) >= 11 is 0. The van der Waals surface area contributed by atoms with Gasteiger partial charge >= 0.3 is 0 Å². The van der Waals surface area contributed by atoms with Gasteiger partial charge in [0.25, 0.3) is 0 Å². The smallest absolute Gasteiger partial charge is 0.225 e. The highest BCUT2D eigenvalue weighted by Crippen LogP contribution is 2.32. The number of ether oxygens (including phenoxy) is 2. The second kappa shape index (κ2) is 8.49. The largest absolute Gasteiger partial charge is 0.486 e. The van der Waals surface area contributed by atoms with Gasteiger partial charge in [0.1, 0.15) is 13.2 Å². The predicted octanol–water partition coefficient (Wildman–Crippen LogP) is 2.57. The molecule has 1 heterocycles. The Morgan fingerprint density at radius 2 is 1.81 bits per heavy atom. The van der Waals surface area contributed by atoms with Crippen LogP contribution in [0.3, 0.4) is 0 Å². The molecule has 0 saturated carbocycles. The fourth-order valence-electron chi connectivity index (χ4n) is 2.55. The lowest BCUT2D eigenvalue weighted by atomic mass is 10.2. The highest BCUT2D eigenvalue weighted by Gasteiger charge is 2.20. The number of fused-ring (bicyclic) bond motifs is 1. The zero-order valence-electron chi connectivity index (χ0n) is 14.7. The van der Waals surface area contributed by atoms with Crippen LogP contribution in [0.1, 0.15) is 12.0 Å². The molecule has 0 radical (unpaired) electrons. The summed E-state index contributed by atoms with van der Waals surface area (Å²) in [6.07, 6.45) is -0.162. The molecule has 146 valence electrons. The van der Waals surface area contributed by atoms with Gasteiger partial charge in [0.15, 0.2) is 21.3 Å². The summed E-state index contributed by atoms with van der Waals surface area (Å²) in [5.74, 6) is 0.224. The Balaban J connectivity index is 0.00000261. The van der Waals surface area contributed by atoms with E-state index in [2.05, 4.69) is 5.32 Å². The molecule has 0 fully saturated rings. The molecule has 1 aliphatic rings. The Bertz CT molecular complexity index is 947. The highest BCUT2D eigenvalue weighted by atomic mass is 35.5. The van der Waals surface area contributed by atoms with E-state index in [1.165, 1.54) is 12.1 Å². The Morgan fingerprint density at radius 1 is 1.11 bits per heavy atom. The number of sulfone groups is 1. The number of anilines is 2. The van der Waals surface area contributed by atoms with Crippen molar-refractivity contribution in [2.45, 2.75) is 18.2 Å². The summed E-state index contributed by atoms with van der Waals surface area (Å²) in [6.45, 7) is 2.64. The summed E-state index contributed by atoms with van der Waals surface area (Å²) < 4.78 is 35.8. The van der Waals surface area contributed by atoms with E-state index < -0.39 is 9.84 Å². The van der Waals surface area contributed by atoms with Crippen LogP contribution in [0.25, 0.3) is 0 Å². The van der Waals surface area contributed by atoms with Gasteiger partial charge in [-0.2, -0.15) is 0 Å². The third kappa shape index (κ3) is 5.05. The normalized spacial score (nSPS) is 12.8. The number of nitrogens with one attached hydrogen (secondary N) is 1. The number of nitrogen functional groups attached to an aromatic ring is 1. The van der Waals surface area contributed by atoms with Crippen molar-refractivity contribution >= 4 is 39.5 Å². The summed E-state index contributed by atoms with van der Waals surface area (Å²) in [5, 5.41) is 2.70. The van der Waals surface area contributed by atoms with E-state index in [1.54, 1.807) is 24.3 Å². The minimum absolute atomic E-state index is 0. The predicted molar refractivity (Wildman–Crippen MR) is 106 cm³/mol. The van der Waals surface area contributed by atoms with Gasteiger partial charge in [0.2, 0.25) is 5.91 Å². The van der Waals surface area contributed by atoms with Crippen molar-refractivity contribution in [3.8, 4) is 11.5 Å². The highest BCUT2D eigenvalue weighted by molar-refractivity contribution is 7.91. The van der Waals surface area contributed by atoms with Gasteiger partial charge in [0, 0.05) is 23.9 Å². The zero-order chi connectivity index (χ0) is 18.7. The van der Waals surface area contributed by atoms with Crippen molar-refractivity contribution in [3.05, 3.63) is 42.0 Å². The Labute approximate surface area is 164 Å². The van der Waals surface area contributed by atoms with Crippen molar-refractivity contribution in [3.63, 3.8) is 0 Å². The second-order valence-electron chi connectivity index (χ2n) is 6.00. The first-order chi connectivity index (χ1) is 12.3. The van der Waals surface area contributed by atoms with E-state index in [-0.39, 0.29) is 35.4 Å². The topological polar surface area (TPSA) is 108 Å². The maximum absolute atomic E-state index is 12.5. The third-order valence-corrected chi connectivity index (χ3v) is 5.72. The fourth-order valence-corrected chi connectivity index (χ4v) is 3.80. The van der Waals surface area contributed by atoms with Crippen LogP contribution in [0, 0.1) is 6.92 Å². The molecule has 0 spiro atoms. The standard InChI is InChI=1S/C18H20N2O5S.ClH/c1-12-2-3-13(19)10-15(12)20-18(21)6-9-26(22,23)14-4-5-16-17(11-14)25-8-7-24-16;/h2-5,10-11H,6-9,19H2,1H3,(H,20,21);1H. The fraction of sp³-hybridized carbons (Fsp3) is 0.278. The Morgan fingerprint density at radius 3 is 2.56 bits per heavy atom. The van der Waals surface area contributed by atoms with E-state index in [9.17, 15) is 13.2 Å². The number of halogens is 1. The molecule has 27 heavy (non-hydrogen) atoms. The average molecular weight is 413 g/mol. The van der Waals surface area contributed by atoms with E-state index in [0.29, 0.717) is 36.1 Å². The molecule has 0 aliphatic carbocycles. The van der Waals surface area contributed by atoms with Crippen LogP contribution in [-0.2, 0) is 14.6 Å². The lowest BCUT2D eigenvalue weighted by molar-refractivity contribution is -0.115. The maximum Gasteiger partial charge on any atom is 0.225 e. The number of hydrogen-bond acceptors (Lipinski definition) is 6. The van der Waals surface area contributed by atoms with Crippen molar-refractivity contribution in [2.75, 3.05) is 30.0 Å². The van der Waals surface area contributed by atoms with E-state index in [1.807, 2.05) is 6.92 Å². The number of amides is 1. The molecule has 0 unspecified atom stereocenters. The molecule has 0 saturated heterocycles. The summed E-state index contributed by atoms with van der Waals surface area (Å²) in [7, 11) is -3.62. The Hall–Kier alpha value is -2.45. The van der Waals surface area contributed by atoms with Crippen LogP contribution in [0.4, 0.5) is 11.4 Å². The van der Waals surface area contributed by atoms with Crippen LogP contribution in [-0.4, -0.2) is 33.3 Å². The summed E-state index contributed by atoms with van der Waals surface area (Å²) in [4.78, 5) is 12.2. The molecule has 3 rings (SSSR count). The minimum atomic E-state index is -3.62. The van der Waals surface area contributed by atoms with Crippen molar-refractivity contribution in [1.29, 1.82) is 0 Å². The molecule has 2 aromatic carbocycles.